The summed E-state index contributed by atoms with van der Waals surface area (Å²) in [7, 11) is 0. The summed E-state index contributed by atoms with van der Waals surface area (Å²) in [5, 5.41) is 5.28. The molecule has 0 N–H and O–H groups in total. The van der Waals surface area contributed by atoms with Crippen molar-refractivity contribution in [3.05, 3.63) is 102 Å². The molecule has 0 radical (unpaired) electrons. The highest BCUT2D eigenvalue weighted by molar-refractivity contribution is 6.00. The van der Waals surface area contributed by atoms with Crippen molar-refractivity contribution >= 4 is 27.1 Å². The van der Waals surface area contributed by atoms with Crippen molar-refractivity contribution in [1.82, 2.24) is 0 Å². The van der Waals surface area contributed by atoms with E-state index in [2.05, 4.69) is 148 Å². The minimum Gasteiger partial charge on any atom is -0.0912 e. The molecule has 0 heteroatoms. The third kappa shape index (κ3) is 8.31. The van der Waals surface area contributed by atoms with Gasteiger partial charge in [-0.3, -0.25) is 0 Å². The molecule has 47 heavy (non-hydrogen) atoms. The van der Waals surface area contributed by atoms with E-state index in [0.717, 1.165) is 24.8 Å². The topological polar surface area (TPSA) is 0 Å². The highest BCUT2D eigenvalue weighted by atomic mass is 14.4. The molecule has 0 saturated carbocycles. The van der Waals surface area contributed by atoms with Gasteiger partial charge in [0.1, 0.15) is 0 Å². The number of fused-ring (bicyclic) bond motifs is 2. The van der Waals surface area contributed by atoms with E-state index < -0.39 is 0 Å². The predicted octanol–water partition coefficient (Wildman–Crippen LogP) is 15.1. The lowest BCUT2D eigenvalue weighted by molar-refractivity contribution is 0.127. The van der Waals surface area contributed by atoms with Crippen LogP contribution in [-0.4, -0.2) is 0 Å². The minimum atomic E-state index is 0.0985. The maximum atomic E-state index is 4.61. The summed E-state index contributed by atoms with van der Waals surface area (Å²) in [6.45, 7) is 25.8. The van der Waals surface area contributed by atoms with Crippen LogP contribution in [0.2, 0.25) is 0 Å². The van der Waals surface area contributed by atoms with Gasteiger partial charge in [-0.1, -0.05) is 162 Å². The number of rotatable bonds is 17. The first-order valence-corrected chi connectivity index (χ1v) is 18.9. The van der Waals surface area contributed by atoms with Crippen molar-refractivity contribution in [2.24, 2.45) is 10.8 Å². The van der Waals surface area contributed by atoms with Gasteiger partial charge in [0, 0.05) is 0 Å². The average Bonchev–Trinajstić information content (AvgIpc) is 3.09. The van der Waals surface area contributed by atoms with Gasteiger partial charge in [-0.2, -0.15) is 0 Å². The van der Waals surface area contributed by atoms with Gasteiger partial charge in [0.15, 0.2) is 0 Å². The van der Waals surface area contributed by atoms with Crippen molar-refractivity contribution in [1.29, 1.82) is 0 Å². The van der Waals surface area contributed by atoms with Crippen LogP contribution in [0.25, 0.3) is 38.2 Å². The lowest BCUT2D eigenvalue weighted by Gasteiger charge is -2.41. The fraction of sp³-hybridized carbons (Fsp3) is 0.489. The van der Waals surface area contributed by atoms with E-state index in [9.17, 15) is 0 Å². The number of allylic oxidation sites excluding steroid dienone is 3. The number of hydrogen-bond donors (Lipinski definition) is 0. The SMILES string of the molecule is C=C(/C=C\C(C)(C)C(C)(CC)CC)c1ccc(-c2ccc3cc4cc(C(C)(CC)CC)ccc4cc3c2)cc1CCCCCCCC. The van der Waals surface area contributed by atoms with Crippen LogP contribution in [-0.2, 0) is 11.8 Å². The Hall–Kier alpha value is -3.12. The van der Waals surface area contributed by atoms with E-state index >= 15 is 0 Å². The quantitative estimate of drug-likeness (QED) is 0.0620. The molecule has 0 aliphatic carbocycles. The first-order valence-electron chi connectivity index (χ1n) is 18.9. The minimum absolute atomic E-state index is 0.0985. The van der Waals surface area contributed by atoms with E-state index in [1.165, 1.54) is 101 Å². The molecule has 0 atom stereocenters. The molecule has 0 spiro atoms. The zero-order valence-electron chi connectivity index (χ0n) is 31.5. The Morgan fingerprint density at radius 3 is 1.81 bits per heavy atom. The number of aryl methyl sites for hydroxylation is 1. The molecule has 0 bridgehead atoms. The van der Waals surface area contributed by atoms with Crippen LogP contribution in [0, 0.1) is 10.8 Å². The van der Waals surface area contributed by atoms with Gasteiger partial charge in [-0.05, 0) is 128 Å². The van der Waals surface area contributed by atoms with Crippen molar-refractivity contribution < 1.29 is 0 Å². The second-order valence-electron chi connectivity index (χ2n) is 15.5. The van der Waals surface area contributed by atoms with E-state index in [-0.39, 0.29) is 16.2 Å². The largest absolute Gasteiger partial charge is 0.0912 e. The van der Waals surface area contributed by atoms with Crippen LogP contribution in [0.4, 0.5) is 0 Å². The van der Waals surface area contributed by atoms with E-state index in [1.807, 2.05) is 0 Å². The van der Waals surface area contributed by atoms with Gasteiger partial charge in [0.05, 0.1) is 0 Å². The third-order valence-electron chi connectivity index (χ3n) is 12.5. The van der Waals surface area contributed by atoms with Gasteiger partial charge in [0.25, 0.3) is 0 Å². The molecule has 0 aliphatic heterocycles. The maximum Gasteiger partial charge on any atom is -0.00803 e. The van der Waals surface area contributed by atoms with Crippen molar-refractivity contribution in [2.45, 2.75) is 138 Å². The molecular weight excluding hydrogens is 565 g/mol. The van der Waals surface area contributed by atoms with Crippen LogP contribution in [0.5, 0.6) is 0 Å². The molecule has 0 aliphatic rings. The molecule has 0 fully saturated rings. The number of hydrogen-bond acceptors (Lipinski definition) is 0. The lowest BCUT2D eigenvalue weighted by atomic mass is 9.63. The third-order valence-corrected chi connectivity index (χ3v) is 12.5. The van der Waals surface area contributed by atoms with Gasteiger partial charge in [0.2, 0.25) is 0 Å². The fourth-order valence-corrected chi connectivity index (χ4v) is 7.36. The van der Waals surface area contributed by atoms with Gasteiger partial charge < -0.3 is 0 Å². The number of unbranched alkanes of at least 4 members (excludes halogenated alkanes) is 5. The first-order chi connectivity index (χ1) is 22.4. The zero-order chi connectivity index (χ0) is 34.2. The fourth-order valence-electron chi connectivity index (χ4n) is 7.36. The van der Waals surface area contributed by atoms with Crippen molar-refractivity contribution in [3.8, 4) is 11.1 Å². The van der Waals surface area contributed by atoms with E-state index in [1.54, 1.807) is 0 Å². The van der Waals surface area contributed by atoms with E-state index in [0.29, 0.717) is 0 Å². The summed E-state index contributed by atoms with van der Waals surface area (Å²) in [6, 6.07) is 26.0. The highest BCUT2D eigenvalue weighted by Gasteiger charge is 2.35. The second kappa shape index (κ2) is 15.9. The monoisotopic (exact) mass is 629 g/mol. The Kier molecular flexibility index (Phi) is 12.4. The zero-order valence-corrected chi connectivity index (χ0v) is 31.5. The molecule has 0 heterocycles. The molecule has 4 aromatic rings. The summed E-state index contributed by atoms with van der Waals surface area (Å²) < 4.78 is 0. The Labute approximate surface area is 288 Å². The maximum absolute atomic E-state index is 4.61. The Morgan fingerprint density at radius 1 is 0.596 bits per heavy atom. The molecule has 4 rings (SSSR count). The first kappa shape index (κ1) is 36.7. The molecule has 252 valence electrons. The average molecular weight is 629 g/mol. The second-order valence-corrected chi connectivity index (χ2v) is 15.5. The Morgan fingerprint density at radius 2 is 1.17 bits per heavy atom. The highest BCUT2D eigenvalue weighted by Crippen LogP contribution is 2.46. The van der Waals surface area contributed by atoms with Gasteiger partial charge >= 0.3 is 0 Å². The summed E-state index contributed by atoms with van der Waals surface area (Å²) in [6.07, 6.45) is 18.3. The van der Waals surface area contributed by atoms with Gasteiger partial charge in [-0.15, -0.1) is 0 Å². The lowest BCUT2D eigenvalue weighted by Crippen LogP contribution is -2.32. The Bertz CT molecular complexity index is 1670. The standard InChI is InChI=1S/C47H64/c1-11-16-17-18-19-20-21-40-30-37(25-27-44(40)35(6)28-29-45(7,8)47(10,14-4)15-5)36-22-23-38-33-42-34-43(46(9,12-2)13-3)26-24-39(42)32-41(38)31-36/h22-34H,6,11-21H2,1-5,7-10H3/b29-28-. The summed E-state index contributed by atoms with van der Waals surface area (Å²) in [5.41, 5.74) is 8.51. The normalized spacial score (nSPS) is 12.9. The molecule has 0 nitrogen and oxygen atoms in total. The Balaban J connectivity index is 1.67. The van der Waals surface area contributed by atoms with E-state index in [4.69, 9.17) is 0 Å². The molecule has 0 aromatic heterocycles. The summed E-state index contributed by atoms with van der Waals surface area (Å²) >= 11 is 0. The molecule has 0 amide bonds. The molecule has 0 saturated heterocycles. The molecular formula is C47H64. The van der Waals surface area contributed by atoms with Crippen LogP contribution < -0.4 is 0 Å². The van der Waals surface area contributed by atoms with Gasteiger partial charge in [-0.25, -0.2) is 0 Å². The molecule has 0 unspecified atom stereocenters. The summed E-state index contributed by atoms with van der Waals surface area (Å²) in [5.74, 6) is 0. The van der Waals surface area contributed by atoms with Crippen LogP contribution in [0.1, 0.15) is 143 Å². The van der Waals surface area contributed by atoms with Crippen LogP contribution in [0.15, 0.2) is 85.5 Å². The smallest absolute Gasteiger partial charge is 0.00803 e. The van der Waals surface area contributed by atoms with Crippen molar-refractivity contribution in [2.75, 3.05) is 0 Å². The molecule has 4 aromatic carbocycles. The predicted molar refractivity (Wildman–Crippen MR) is 213 cm³/mol. The van der Waals surface area contributed by atoms with Crippen LogP contribution >= 0.6 is 0 Å². The summed E-state index contributed by atoms with van der Waals surface area (Å²) in [4.78, 5) is 0. The number of benzene rings is 4. The van der Waals surface area contributed by atoms with Crippen LogP contribution in [0.3, 0.4) is 0 Å². The van der Waals surface area contributed by atoms with Crippen molar-refractivity contribution in [3.63, 3.8) is 0 Å².